The monoisotopic (exact) mass is 250 g/mol. The van der Waals surface area contributed by atoms with Crippen LogP contribution in [-0.2, 0) is 13.5 Å². The van der Waals surface area contributed by atoms with E-state index in [1.54, 1.807) is 0 Å². The first-order chi connectivity index (χ1) is 8.54. The quantitative estimate of drug-likeness (QED) is 0.621. The van der Waals surface area contributed by atoms with Crippen molar-refractivity contribution in [2.75, 3.05) is 0 Å². The van der Waals surface area contributed by atoms with Crippen molar-refractivity contribution in [1.29, 1.82) is 0 Å². The minimum Gasteiger partial charge on any atom is -0.338 e. The van der Waals surface area contributed by atoms with E-state index in [0.717, 1.165) is 18.7 Å². The summed E-state index contributed by atoms with van der Waals surface area (Å²) < 4.78 is 2.09. The average molecular weight is 250 g/mol. The van der Waals surface area contributed by atoms with E-state index in [-0.39, 0.29) is 0 Å². The molecule has 18 heavy (non-hydrogen) atoms. The second-order valence-corrected chi connectivity index (χ2v) is 6.25. The third-order valence-electron chi connectivity index (χ3n) is 4.64. The summed E-state index contributed by atoms with van der Waals surface area (Å²) in [5.41, 5.74) is 3.46. The van der Waals surface area contributed by atoms with Crippen LogP contribution in [0.15, 0.2) is 12.4 Å². The van der Waals surface area contributed by atoms with E-state index >= 15 is 0 Å². The van der Waals surface area contributed by atoms with Gasteiger partial charge in [-0.25, -0.2) is 4.98 Å². The van der Waals surface area contributed by atoms with Gasteiger partial charge in [0.05, 0.1) is 0 Å². The maximum Gasteiger partial charge on any atom is 0.108 e. The summed E-state index contributed by atoms with van der Waals surface area (Å²) in [5.74, 6) is 7.60. The van der Waals surface area contributed by atoms with E-state index in [4.69, 9.17) is 5.84 Å². The first-order valence-corrected chi connectivity index (χ1v) is 6.97. The fraction of sp³-hybridized carbons (Fsp3) is 0.786. The zero-order valence-electron chi connectivity index (χ0n) is 11.8. The molecule has 0 saturated heterocycles. The van der Waals surface area contributed by atoms with Crippen LogP contribution in [0.1, 0.15) is 45.4 Å². The van der Waals surface area contributed by atoms with Crippen LogP contribution in [0.3, 0.4) is 0 Å². The fourth-order valence-corrected chi connectivity index (χ4v) is 3.42. The molecule has 0 radical (unpaired) electrons. The maximum absolute atomic E-state index is 5.77. The Balaban J connectivity index is 1.96. The second kappa shape index (κ2) is 5.41. The summed E-state index contributed by atoms with van der Waals surface area (Å²) in [4.78, 5) is 4.38. The molecule has 1 heterocycles. The minimum atomic E-state index is 0.402. The zero-order valence-corrected chi connectivity index (χ0v) is 11.8. The number of aryl methyl sites for hydroxylation is 2. The van der Waals surface area contributed by atoms with Gasteiger partial charge in [-0.1, -0.05) is 20.3 Å². The van der Waals surface area contributed by atoms with E-state index in [2.05, 4.69) is 28.8 Å². The van der Waals surface area contributed by atoms with Crippen molar-refractivity contribution in [3.05, 3.63) is 18.2 Å². The highest BCUT2D eigenvalue weighted by Crippen LogP contribution is 2.44. The smallest absolute Gasteiger partial charge is 0.108 e. The molecular formula is C14H26N4. The lowest BCUT2D eigenvalue weighted by Gasteiger charge is -2.33. The predicted octanol–water partition coefficient (Wildman–Crippen LogP) is 2.01. The van der Waals surface area contributed by atoms with E-state index in [0.29, 0.717) is 17.4 Å². The lowest BCUT2D eigenvalue weighted by atomic mass is 9.76. The zero-order chi connectivity index (χ0) is 13.2. The first-order valence-electron chi connectivity index (χ1n) is 6.97. The Morgan fingerprint density at radius 2 is 2.39 bits per heavy atom. The maximum atomic E-state index is 5.77. The Hall–Kier alpha value is -0.870. The Bertz CT molecular complexity index is 383. The summed E-state index contributed by atoms with van der Waals surface area (Å²) in [7, 11) is 2.05. The molecule has 2 unspecified atom stereocenters. The van der Waals surface area contributed by atoms with Gasteiger partial charge in [-0.05, 0) is 30.6 Å². The summed E-state index contributed by atoms with van der Waals surface area (Å²) in [6.07, 6.45) is 9.86. The molecule has 0 aliphatic heterocycles. The Morgan fingerprint density at radius 3 is 2.89 bits per heavy atom. The number of imidazole rings is 1. The standard InChI is InChI=1S/C14H26N4/c1-14(2)8-4-5-11(14)12(17-15)6-7-13-16-9-10-18(13)3/h9-12,17H,4-8,15H2,1-3H3. The molecule has 1 aliphatic rings. The number of nitrogens with one attached hydrogen (secondary N) is 1. The Morgan fingerprint density at radius 1 is 1.61 bits per heavy atom. The SMILES string of the molecule is Cn1ccnc1CCC(NN)C1CCCC1(C)C. The molecule has 4 nitrogen and oxygen atoms in total. The van der Waals surface area contributed by atoms with Crippen LogP contribution >= 0.6 is 0 Å². The van der Waals surface area contributed by atoms with Gasteiger partial charge in [0.1, 0.15) is 5.82 Å². The van der Waals surface area contributed by atoms with E-state index in [1.165, 1.54) is 19.3 Å². The van der Waals surface area contributed by atoms with Gasteiger partial charge in [0.15, 0.2) is 0 Å². The van der Waals surface area contributed by atoms with Crippen LogP contribution in [0, 0.1) is 11.3 Å². The van der Waals surface area contributed by atoms with Crippen molar-refractivity contribution in [3.63, 3.8) is 0 Å². The molecule has 2 atom stereocenters. The summed E-state index contributed by atoms with van der Waals surface area (Å²) in [5, 5.41) is 0. The molecule has 0 spiro atoms. The molecule has 1 aromatic rings. The van der Waals surface area contributed by atoms with Gasteiger partial charge in [0.2, 0.25) is 0 Å². The molecule has 1 fully saturated rings. The number of aromatic nitrogens is 2. The molecule has 4 heteroatoms. The topological polar surface area (TPSA) is 55.9 Å². The number of hydrogen-bond donors (Lipinski definition) is 2. The van der Waals surface area contributed by atoms with Gasteiger partial charge >= 0.3 is 0 Å². The number of hydrazine groups is 1. The molecule has 1 aliphatic carbocycles. The number of nitrogens with zero attached hydrogens (tertiary/aromatic N) is 2. The molecule has 1 saturated carbocycles. The van der Waals surface area contributed by atoms with Crippen LogP contribution in [-0.4, -0.2) is 15.6 Å². The van der Waals surface area contributed by atoms with Crippen molar-refractivity contribution in [2.24, 2.45) is 24.2 Å². The van der Waals surface area contributed by atoms with Crippen molar-refractivity contribution in [1.82, 2.24) is 15.0 Å². The summed E-state index contributed by atoms with van der Waals surface area (Å²) in [6.45, 7) is 4.74. The van der Waals surface area contributed by atoms with E-state index < -0.39 is 0 Å². The van der Waals surface area contributed by atoms with Crippen LogP contribution in [0.2, 0.25) is 0 Å². The lowest BCUT2D eigenvalue weighted by Crippen LogP contribution is -2.44. The summed E-state index contributed by atoms with van der Waals surface area (Å²) in [6, 6.07) is 0.402. The first kappa shape index (κ1) is 13.6. The van der Waals surface area contributed by atoms with Gasteiger partial charge in [0, 0.05) is 31.9 Å². The van der Waals surface area contributed by atoms with Crippen molar-refractivity contribution < 1.29 is 0 Å². The third kappa shape index (κ3) is 2.75. The number of rotatable bonds is 5. The fourth-order valence-electron chi connectivity index (χ4n) is 3.42. The predicted molar refractivity (Wildman–Crippen MR) is 73.8 cm³/mol. The largest absolute Gasteiger partial charge is 0.338 e. The lowest BCUT2D eigenvalue weighted by molar-refractivity contribution is 0.189. The number of nitrogens with two attached hydrogens (primary N) is 1. The Labute approximate surface area is 110 Å². The van der Waals surface area contributed by atoms with Crippen LogP contribution < -0.4 is 11.3 Å². The third-order valence-corrected chi connectivity index (χ3v) is 4.64. The van der Waals surface area contributed by atoms with E-state index in [1.807, 2.05) is 19.4 Å². The average Bonchev–Trinajstić information content (AvgIpc) is 2.87. The Kier molecular flexibility index (Phi) is 4.07. The van der Waals surface area contributed by atoms with Crippen LogP contribution in [0.4, 0.5) is 0 Å². The minimum absolute atomic E-state index is 0.402. The molecule has 1 aromatic heterocycles. The van der Waals surface area contributed by atoms with Gasteiger partial charge in [-0.2, -0.15) is 0 Å². The summed E-state index contributed by atoms with van der Waals surface area (Å²) >= 11 is 0. The highest BCUT2D eigenvalue weighted by atomic mass is 15.2. The molecule has 2 rings (SSSR count). The van der Waals surface area contributed by atoms with E-state index in [9.17, 15) is 0 Å². The number of hydrogen-bond acceptors (Lipinski definition) is 3. The van der Waals surface area contributed by atoms with Gasteiger partial charge in [-0.3, -0.25) is 11.3 Å². The van der Waals surface area contributed by atoms with Crippen molar-refractivity contribution >= 4 is 0 Å². The van der Waals surface area contributed by atoms with Crippen LogP contribution in [0.5, 0.6) is 0 Å². The molecular weight excluding hydrogens is 224 g/mol. The van der Waals surface area contributed by atoms with Gasteiger partial charge in [-0.15, -0.1) is 0 Å². The highest BCUT2D eigenvalue weighted by Gasteiger charge is 2.38. The van der Waals surface area contributed by atoms with Crippen molar-refractivity contribution in [2.45, 2.75) is 52.0 Å². The molecule has 0 aromatic carbocycles. The van der Waals surface area contributed by atoms with Crippen LogP contribution in [0.25, 0.3) is 0 Å². The molecule has 3 N–H and O–H groups in total. The molecule has 0 bridgehead atoms. The van der Waals surface area contributed by atoms with Crippen molar-refractivity contribution in [3.8, 4) is 0 Å². The van der Waals surface area contributed by atoms with Gasteiger partial charge < -0.3 is 4.57 Å². The second-order valence-electron chi connectivity index (χ2n) is 6.25. The molecule has 0 amide bonds. The highest BCUT2D eigenvalue weighted by molar-refractivity contribution is 4.96. The normalized spacial score (nSPS) is 24.3. The van der Waals surface area contributed by atoms with Gasteiger partial charge in [0.25, 0.3) is 0 Å². The molecule has 102 valence electrons.